The van der Waals surface area contributed by atoms with Gasteiger partial charge < -0.3 is 24.4 Å². The van der Waals surface area contributed by atoms with E-state index in [1.165, 1.54) is 0 Å². The summed E-state index contributed by atoms with van der Waals surface area (Å²) in [4.78, 5) is 26.5. The van der Waals surface area contributed by atoms with Gasteiger partial charge in [0.25, 0.3) is 0 Å². The number of aliphatic carboxylic acids is 1. The Hall–Kier alpha value is -1.34. The minimum atomic E-state index is -0.917. The minimum Gasteiger partial charge on any atom is -0.481 e. The standard InChI is InChI=1S/C13H22N2O5/c1-14(8-11-3-2-5-20-11)13(18)15-4-6-19-9-10(15)7-12(16)17/h10-11H,2-9H2,1H3,(H,16,17). The number of hydrogen-bond donors (Lipinski definition) is 1. The van der Waals surface area contributed by atoms with Crippen molar-refractivity contribution in [2.24, 2.45) is 0 Å². The summed E-state index contributed by atoms with van der Waals surface area (Å²) in [5.41, 5.74) is 0. The number of hydrogen-bond acceptors (Lipinski definition) is 4. The number of ether oxygens (including phenoxy) is 2. The lowest BCUT2D eigenvalue weighted by atomic mass is 10.1. The molecule has 2 amide bonds. The largest absolute Gasteiger partial charge is 0.481 e. The first kappa shape index (κ1) is 15.1. The highest BCUT2D eigenvalue weighted by Crippen LogP contribution is 2.16. The first-order chi connectivity index (χ1) is 9.58. The first-order valence-electron chi connectivity index (χ1n) is 7.01. The van der Waals surface area contributed by atoms with Crippen LogP contribution in [0.25, 0.3) is 0 Å². The Bertz CT molecular complexity index is 357. The highest BCUT2D eigenvalue weighted by molar-refractivity contribution is 5.76. The van der Waals surface area contributed by atoms with Gasteiger partial charge in [0.2, 0.25) is 0 Å². The Balaban J connectivity index is 1.91. The SMILES string of the molecule is CN(CC1CCCO1)C(=O)N1CCOCC1CC(=O)O. The van der Waals surface area contributed by atoms with Crippen LogP contribution in [0.1, 0.15) is 19.3 Å². The van der Waals surface area contributed by atoms with Crippen LogP contribution in [0.15, 0.2) is 0 Å². The summed E-state index contributed by atoms with van der Waals surface area (Å²) in [6.45, 7) is 2.48. The number of amides is 2. The lowest BCUT2D eigenvalue weighted by molar-refractivity contribution is -0.139. The van der Waals surface area contributed by atoms with Crippen LogP contribution in [-0.2, 0) is 14.3 Å². The number of urea groups is 1. The molecule has 2 rings (SSSR count). The Morgan fingerprint density at radius 3 is 2.85 bits per heavy atom. The average Bonchev–Trinajstić information content (AvgIpc) is 2.90. The van der Waals surface area contributed by atoms with Crippen molar-refractivity contribution in [3.63, 3.8) is 0 Å². The Morgan fingerprint density at radius 2 is 2.20 bits per heavy atom. The van der Waals surface area contributed by atoms with E-state index < -0.39 is 5.97 Å². The average molecular weight is 286 g/mol. The predicted octanol–water partition coefficient (Wildman–Crippen LogP) is 0.393. The number of morpholine rings is 1. The van der Waals surface area contributed by atoms with Gasteiger partial charge in [-0.3, -0.25) is 4.79 Å². The molecule has 2 saturated heterocycles. The van der Waals surface area contributed by atoms with E-state index >= 15 is 0 Å². The molecule has 2 aliphatic rings. The highest BCUT2D eigenvalue weighted by atomic mass is 16.5. The molecule has 1 N–H and O–H groups in total. The van der Waals surface area contributed by atoms with Gasteiger partial charge in [-0.25, -0.2) is 4.79 Å². The summed E-state index contributed by atoms with van der Waals surface area (Å²) in [7, 11) is 1.73. The van der Waals surface area contributed by atoms with Crippen LogP contribution in [0.3, 0.4) is 0 Å². The van der Waals surface area contributed by atoms with Gasteiger partial charge >= 0.3 is 12.0 Å². The number of carboxylic acid groups (broad SMARTS) is 1. The van der Waals surface area contributed by atoms with Crippen LogP contribution in [0.2, 0.25) is 0 Å². The van der Waals surface area contributed by atoms with E-state index in [2.05, 4.69) is 0 Å². The molecule has 2 atom stereocenters. The normalized spacial score (nSPS) is 26.6. The quantitative estimate of drug-likeness (QED) is 0.809. The molecule has 2 aliphatic heterocycles. The van der Waals surface area contributed by atoms with Gasteiger partial charge in [-0.2, -0.15) is 0 Å². The smallest absolute Gasteiger partial charge is 0.320 e. The predicted molar refractivity (Wildman–Crippen MR) is 70.6 cm³/mol. The van der Waals surface area contributed by atoms with Gasteiger partial charge in [0, 0.05) is 26.7 Å². The number of likely N-dealkylation sites (N-methyl/N-ethyl adjacent to an activating group) is 1. The lowest BCUT2D eigenvalue weighted by Gasteiger charge is -2.37. The molecule has 0 radical (unpaired) electrons. The van der Waals surface area contributed by atoms with Crippen molar-refractivity contribution in [3.8, 4) is 0 Å². The van der Waals surface area contributed by atoms with E-state index in [4.69, 9.17) is 14.6 Å². The van der Waals surface area contributed by atoms with Crippen LogP contribution in [-0.4, -0.2) is 79.0 Å². The van der Waals surface area contributed by atoms with Crippen LogP contribution >= 0.6 is 0 Å². The fourth-order valence-corrected chi connectivity index (χ4v) is 2.67. The third-order valence-electron chi connectivity index (χ3n) is 3.71. The van der Waals surface area contributed by atoms with Gasteiger partial charge in [-0.1, -0.05) is 0 Å². The molecule has 0 aromatic heterocycles. The number of carboxylic acids is 1. The summed E-state index contributed by atoms with van der Waals surface area (Å²) in [5, 5.41) is 8.91. The van der Waals surface area contributed by atoms with Crippen LogP contribution in [0.5, 0.6) is 0 Å². The summed E-state index contributed by atoms with van der Waals surface area (Å²) in [6.07, 6.45) is 2.02. The molecular formula is C13H22N2O5. The lowest BCUT2D eigenvalue weighted by Crippen LogP contribution is -2.54. The maximum atomic E-state index is 12.4. The number of carbonyl (C=O) groups is 2. The molecule has 7 nitrogen and oxygen atoms in total. The Morgan fingerprint density at radius 1 is 1.40 bits per heavy atom. The molecule has 2 heterocycles. The summed E-state index contributed by atoms with van der Waals surface area (Å²) >= 11 is 0. The monoisotopic (exact) mass is 286 g/mol. The maximum Gasteiger partial charge on any atom is 0.320 e. The molecule has 2 unspecified atom stereocenters. The van der Waals surface area contributed by atoms with Crippen molar-refractivity contribution in [2.45, 2.75) is 31.4 Å². The van der Waals surface area contributed by atoms with Crippen LogP contribution in [0, 0.1) is 0 Å². The number of rotatable bonds is 4. The molecular weight excluding hydrogens is 264 g/mol. The molecule has 0 bridgehead atoms. The molecule has 0 aliphatic carbocycles. The highest BCUT2D eigenvalue weighted by Gasteiger charge is 2.32. The van der Waals surface area contributed by atoms with Gasteiger partial charge in [0.1, 0.15) is 0 Å². The van der Waals surface area contributed by atoms with E-state index in [1.54, 1.807) is 16.8 Å². The molecule has 114 valence electrons. The van der Waals surface area contributed by atoms with Crippen molar-refractivity contribution in [1.82, 2.24) is 9.80 Å². The van der Waals surface area contributed by atoms with E-state index in [0.717, 1.165) is 19.4 Å². The van der Waals surface area contributed by atoms with E-state index in [9.17, 15) is 9.59 Å². The second-order valence-corrected chi connectivity index (χ2v) is 5.32. The van der Waals surface area contributed by atoms with E-state index in [-0.39, 0.29) is 31.2 Å². The van der Waals surface area contributed by atoms with Gasteiger partial charge in [-0.15, -0.1) is 0 Å². The van der Waals surface area contributed by atoms with Gasteiger partial charge in [0.15, 0.2) is 0 Å². The van der Waals surface area contributed by atoms with E-state index in [1.807, 2.05) is 0 Å². The Kier molecular flexibility index (Phi) is 5.19. The molecule has 2 fully saturated rings. The van der Waals surface area contributed by atoms with E-state index in [0.29, 0.717) is 19.7 Å². The molecule has 20 heavy (non-hydrogen) atoms. The first-order valence-corrected chi connectivity index (χ1v) is 7.01. The summed E-state index contributed by atoms with van der Waals surface area (Å²) < 4.78 is 10.8. The zero-order valence-electron chi connectivity index (χ0n) is 11.8. The maximum absolute atomic E-state index is 12.4. The zero-order valence-corrected chi connectivity index (χ0v) is 11.8. The van der Waals surface area contributed by atoms with Crippen molar-refractivity contribution in [2.75, 3.05) is 40.0 Å². The van der Waals surface area contributed by atoms with Crippen molar-refractivity contribution in [1.29, 1.82) is 0 Å². The Labute approximate surface area is 118 Å². The molecule has 0 spiro atoms. The fourth-order valence-electron chi connectivity index (χ4n) is 2.67. The minimum absolute atomic E-state index is 0.0838. The molecule has 0 saturated carbocycles. The molecule has 7 heteroatoms. The second-order valence-electron chi connectivity index (χ2n) is 5.32. The van der Waals surface area contributed by atoms with Crippen molar-refractivity contribution < 1.29 is 24.2 Å². The van der Waals surface area contributed by atoms with Crippen LogP contribution in [0.4, 0.5) is 4.79 Å². The fraction of sp³-hybridized carbons (Fsp3) is 0.846. The van der Waals surface area contributed by atoms with Crippen molar-refractivity contribution >= 4 is 12.0 Å². The number of carbonyl (C=O) groups excluding carboxylic acids is 1. The van der Waals surface area contributed by atoms with Crippen LogP contribution < -0.4 is 0 Å². The summed E-state index contributed by atoms with van der Waals surface area (Å²) in [6, 6.07) is -0.532. The summed E-state index contributed by atoms with van der Waals surface area (Å²) in [5.74, 6) is -0.917. The molecule has 0 aromatic rings. The topological polar surface area (TPSA) is 79.3 Å². The zero-order chi connectivity index (χ0) is 14.5. The second kappa shape index (κ2) is 6.90. The molecule has 0 aromatic carbocycles. The third-order valence-corrected chi connectivity index (χ3v) is 3.71. The number of nitrogens with zero attached hydrogens (tertiary/aromatic N) is 2. The van der Waals surface area contributed by atoms with Gasteiger partial charge in [-0.05, 0) is 12.8 Å². The third kappa shape index (κ3) is 3.83. The van der Waals surface area contributed by atoms with Crippen molar-refractivity contribution in [3.05, 3.63) is 0 Å². The van der Waals surface area contributed by atoms with Gasteiger partial charge in [0.05, 0.1) is 31.8 Å².